The summed E-state index contributed by atoms with van der Waals surface area (Å²) in [6, 6.07) is 0. The maximum absolute atomic E-state index is 10.3. The fourth-order valence-electron chi connectivity index (χ4n) is 0.251. The zero-order chi connectivity index (χ0) is 7.98. The van der Waals surface area contributed by atoms with E-state index in [0.29, 0.717) is 0 Å². The predicted molar refractivity (Wildman–Crippen MR) is 30.8 cm³/mol. The Bertz CT molecular complexity index is 134. The second-order valence-corrected chi connectivity index (χ2v) is 1.42. The summed E-state index contributed by atoms with van der Waals surface area (Å²) in [7, 11) is 0. The van der Waals surface area contributed by atoms with Gasteiger partial charge in [-0.05, 0) is 0 Å². The summed E-state index contributed by atoms with van der Waals surface area (Å²) < 4.78 is 8.30. The lowest BCUT2D eigenvalue weighted by molar-refractivity contribution is -0.151. The van der Waals surface area contributed by atoms with Crippen LogP contribution in [0.3, 0.4) is 0 Å². The predicted octanol–water partition coefficient (Wildman–Crippen LogP) is 0.317. The lowest BCUT2D eigenvalue weighted by Gasteiger charge is -2.00. The first-order valence-corrected chi connectivity index (χ1v) is 2.70. The molecule has 0 rings (SSSR count). The van der Waals surface area contributed by atoms with Gasteiger partial charge in [0, 0.05) is 6.42 Å². The van der Waals surface area contributed by atoms with Gasteiger partial charge in [0.15, 0.2) is 0 Å². The number of esters is 1. The van der Waals surface area contributed by atoms with Crippen LogP contribution in [0.25, 0.3) is 0 Å². The number of hydrogen-bond donors (Lipinski definition) is 0. The highest BCUT2D eigenvalue weighted by atomic mass is 16.7. The van der Waals surface area contributed by atoms with E-state index >= 15 is 0 Å². The van der Waals surface area contributed by atoms with E-state index in [4.69, 9.17) is 5.73 Å². The van der Waals surface area contributed by atoms with Crippen molar-refractivity contribution in [2.45, 2.75) is 13.3 Å². The minimum atomic E-state index is -1.20. The fourth-order valence-corrected chi connectivity index (χ4v) is 0.251. The highest BCUT2D eigenvalue weighted by molar-refractivity contribution is 5.69. The normalized spacial score (nSPS) is 8.50. The van der Waals surface area contributed by atoms with Gasteiger partial charge in [-0.15, -0.1) is 0 Å². The molecule has 0 atom stereocenters. The summed E-state index contributed by atoms with van der Waals surface area (Å²) in [5.41, 5.74) is 6.23. The van der Waals surface area contributed by atoms with Crippen molar-refractivity contribution in [3.8, 4) is 0 Å². The summed E-state index contributed by atoms with van der Waals surface area (Å²) >= 11 is 0. The van der Waals surface area contributed by atoms with Crippen LogP contribution in [0, 0.1) is 0 Å². The van der Waals surface area contributed by atoms with Crippen molar-refractivity contribution in [3.63, 3.8) is 0 Å². The Labute approximate surface area is 58.1 Å². The topological polar surface area (TPSA) is 76.4 Å². The molecular weight excluding hydrogens is 138 g/mol. The first kappa shape index (κ1) is 8.74. The molecule has 0 aromatic rings. The van der Waals surface area contributed by atoms with Gasteiger partial charge in [0.05, 0.1) is 0 Å². The van der Waals surface area contributed by atoms with Crippen LogP contribution < -0.4 is 5.73 Å². The molecule has 1 radical (unpaired) electrons. The number of hydrogen-bond acceptors (Lipinski definition) is 4. The standard InChI is InChI=1S/C5H8NO4/c1-2-4(7)9-3-10-5(6)8/h6H,2-3H2,1H3. The van der Waals surface area contributed by atoms with Gasteiger partial charge in [-0.1, -0.05) is 6.92 Å². The molecule has 0 saturated carbocycles. The minimum Gasteiger partial charge on any atom is -0.428 e. The maximum Gasteiger partial charge on any atom is 0.429 e. The van der Waals surface area contributed by atoms with Crippen LogP contribution in [0.15, 0.2) is 0 Å². The molecule has 0 fully saturated rings. The van der Waals surface area contributed by atoms with Gasteiger partial charge in [0.1, 0.15) is 0 Å². The number of ether oxygens (including phenoxy) is 2. The van der Waals surface area contributed by atoms with Crippen molar-refractivity contribution in [1.29, 1.82) is 0 Å². The Balaban J connectivity index is 3.20. The summed E-state index contributed by atoms with van der Waals surface area (Å²) in [6.07, 6.45) is -0.973. The van der Waals surface area contributed by atoms with E-state index in [0.717, 1.165) is 0 Å². The van der Waals surface area contributed by atoms with E-state index in [1.165, 1.54) is 0 Å². The average Bonchev–Trinajstić information content (AvgIpc) is 1.87. The highest BCUT2D eigenvalue weighted by Crippen LogP contribution is 1.84. The van der Waals surface area contributed by atoms with Crippen LogP contribution in [0.4, 0.5) is 4.79 Å². The van der Waals surface area contributed by atoms with Crippen LogP contribution in [-0.2, 0) is 14.3 Å². The third-order valence-corrected chi connectivity index (χ3v) is 0.699. The molecule has 0 aliphatic rings. The van der Waals surface area contributed by atoms with Crippen molar-refractivity contribution >= 4 is 12.1 Å². The van der Waals surface area contributed by atoms with Crippen LogP contribution >= 0.6 is 0 Å². The van der Waals surface area contributed by atoms with Gasteiger partial charge in [-0.3, -0.25) is 4.79 Å². The summed E-state index contributed by atoms with van der Waals surface area (Å²) in [5.74, 6) is -0.457. The molecule has 0 aliphatic heterocycles. The molecule has 57 valence electrons. The molecule has 0 aliphatic carbocycles. The Morgan fingerprint density at radius 3 is 2.40 bits per heavy atom. The zero-order valence-electron chi connectivity index (χ0n) is 5.55. The lowest BCUT2D eigenvalue weighted by Crippen LogP contribution is -2.10. The molecule has 5 heteroatoms. The second-order valence-electron chi connectivity index (χ2n) is 1.42. The van der Waals surface area contributed by atoms with Gasteiger partial charge >= 0.3 is 12.1 Å². The van der Waals surface area contributed by atoms with Gasteiger partial charge < -0.3 is 9.47 Å². The lowest BCUT2D eigenvalue weighted by atomic mass is 10.5. The highest BCUT2D eigenvalue weighted by Gasteiger charge is 1.98. The number of rotatable bonds is 3. The third-order valence-electron chi connectivity index (χ3n) is 0.699. The molecule has 1 amide bonds. The molecule has 0 unspecified atom stereocenters. The Morgan fingerprint density at radius 2 is 2.00 bits per heavy atom. The second kappa shape index (κ2) is 4.60. The van der Waals surface area contributed by atoms with E-state index in [1.54, 1.807) is 6.92 Å². The largest absolute Gasteiger partial charge is 0.429 e. The van der Waals surface area contributed by atoms with Gasteiger partial charge in [0.2, 0.25) is 6.79 Å². The molecule has 0 aromatic heterocycles. The summed E-state index contributed by atoms with van der Waals surface area (Å²) in [6.45, 7) is 1.15. The molecule has 0 aromatic carbocycles. The van der Waals surface area contributed by atoms with E-state index in [9.17, 15) is 9.59 Å². The molecule has 10 heavy (non-hydrogen) atoms. The number of carbonyl (C=O) groups is 2. The number of carbonyl (C=O) groups excluding carboxylic acids is 2. The molecule has 1 N–H and O–H groups in total. The van der Waals surface area contributed by atoms with Crippen molar-refractivity contribution in [2.24, 2.45) is 0 Å². The van der Waals surface area contributed by atoms with Crippen LogP contribution in [-0.4, -0.2) is 18.9 Å². The van der Waals surface area contributed by atoms with E-state index in [2.05, 4.69) is 9.47 Å². The van der Waals surface area contributed by atoms with E-state index < -0.39 is 18.9 Å². The van der Waals surface area contributed by atoms with Gasteiger partial charge in [0.25, 0.3) is 0 Å². The van der Waals surface area contributed by atoms with Crippen molar-refractivity contribution < 1.29 is 19.1 Å². The molecule has 0 heterocycles. The number of nitrogens with one attached hydrogen (secondary N) is 1. The fraction of sp³-hybridized carbons (Fsp3) is 0.600. The van der Waals surface area contributed by atoms with Crippen LogP contribution in [0.1, 0.15) is 13.3 Å². The van der Waals surface area contributed by atoms with Crippen molar-refractivity contribution in [2.75, 3.05) is 6.79 Å². The first-order chi connectivity index (χ1) is 4.66. The van der Waals surface area contributed by atoms with Crippen LogP contribution in [0.2, 0.25) is 0 Å². The van der Waals surface area contributed by atoms with E-state index in [-0.39, 0.29) is 6.42 Å². The minimum absolute atomic E-state index is 0.232. The molecule has 5 nitrogen and oxygen atoms in total. The smallest absolute Gasteiger partial charge is 0.428 e. The molecule has 0 bridgehead atoms. The summed E-state index contributed by atoms with van der Waals surface area (Å²) in [5, 5.41) is 0. The summed E-state index contributed by atoms with van der Waals surface area (Å²) in [4.78, 5) is 20.1. The zero-order valence-corrected chi connectivity index (χ0v) is 5.55. The molecular formula is C5H8NO4. The quantitative estimate of drug-likeness (QED) is 0.424. The third kappa shape index (κ3) is 4.89. The average molecular weight is 146 g/mol. The Hall–Kier alpha value is -1.26. The Morgan fingerprint density at radius 1 is 1.40 bits per heavy atom. The van der Waals surface area contributed by atoms with Gasteiger partial charge in [-0.25, -0.2) is 10.5 Å². The Kier molecular flexibility index (Phi) is 4.02. The first-order valence-electron chi connectivity index (χ1n) is 2.70. The van der Waals surface area contributed by atoms with Crippen molar-refractivity contribution in [1.82, 2.24) is 5.73 Å². The van der Waals surface area contributed by atoms with Gasteiger partial charge in [-0.2, -0.15) is 0 Å². The van der Waals surface area contributed by atoms with Crippen molar-refractivity contribution in [3.05, 3.63) is 0 Å². The molecule has 0 saturated heterocycles. The SMILES string of the molecule is CCC(=O)OCOC([NH])=O. The monoisotopic (exact) mass is 146 g/mol. The van der Waals surface area contributed by atoms with Crippen LogP contribution in [0.5, 0.6) is 0 Å². The maximum atomic E-state index is 10.3. The molecule has 0 spiro atoms. The number of amides is 1. The van der Waals surface area contributed by atoms with E-state index in [1.807, 2.05) is 0 Å².